The Morgan fingerprint density at radius 2 is 2.05 bits per heavy atom. The molecule has 0 atom stereocenters. The minimum absolute atomic E-state index is 0.224. The van der Waals surface area contributed by atoms with Crippen LogP contribution in [0.2, 0.25) is 5.02 Å². The highest BCUT2D eigenvalue weighted by atomic mass is 35.5. The Kier molecular flexibility index (Phi) is 4.25. The second-order valence-corrected chi connectivity index (χ2v) is 4.86. The summed E-state index contributed by atoms with van der Waals surface area (Å²) in [7, 11) is 0. The van der Waals surface area contributed by atoms with Crippen LogP contribution in [0.5, 0.6) is 0 Å². The molecule has 2 N–H and O–H groups in total. The molecule has 2 aromatic carbocycles. The van der Waals surface area contributed by atoms with Gasteiger partial charge in [0.15, 0.2) is 0 Å². The summed E-state index contributed by atoms with van der Waals surface area (Å²) in [5.74, 6) is -1.30. The number of hydrogen-bond acceptors (Lipinski definition) is 2. The summed E-state index contributed by atoms with van der Waals surface area (Å²) in [4.78, 5) is 10.8. The fourth-order valence-corrected chi connectivity index (χ4v) is 2.06. The molecule has 0 radical (unpaired) electrons. The zero-order valence-electron chi connectivity index (χ0n) is 10.8. The molecule has 0 aliphatic rings. The maximum Gasteiger partial charge on any atom is 0.335 e. The van der Waals surface area contributed by atoms with Crippen molar-refractivity contribution < 1.29 is 14.3 Å². The predicted octanol–water partition coefficient (Wildman–Crippen LogP) is 4.10. The Bertz CT molecular complexity index is 658. The summed E-state index contributed by atoms with van der Waals surface area (Å²) < 4.78 is 13.6. The van der Waals surface area contributed by atoms with Crippen LogP contribution in [0.4, 0.5) is 10.1 Å². The van der Waals surface area contributed by atoms with Crippen LogP contribution in [0.15, 0.2) is 36.4 Å². The fraction of sp³-hybridized carbons (Fsp3) is 0.133. The minimum Gasteiger partial charge on any atom is -0.478 e. The molecule has 0 aliphatic heterocycles. The van der Waals surface area contributed by atoms with Crippen LogP contribution in [0.3, 0.4) is 0 Å². The van der Waals surface area contributed by atoms with Crippen molar-refractivity contribution in [2.75, 3.05) is 5.32 Å². The van der Waals surface area contributed by atoms with E-state index in [0.717, 1.165) is 11.3 Å². The first-order chi connectivity index (χ1) is 9.47. The number of carboxylic acids is 1. The van der Waals surface area contributed by atoms with Crippen molar-refractivity contribution in [3.8, 4) is 0 Å². The summed E-state index contributed by atoms with van der Waals surface area (Å²) in [5.41, 5.74) is 2.22. The Hall–Kier alpha value is -2.07. The van der Waals surface area contributed by atoms with Gasteiger partial charge in [-0.1, -0.05) is 11.6 Å². The quantitative estimate of drug-likeness (QED) is 0.892. The molecular weight excluding hydrogens is 281 g/mol. The van der Waals surface area contributed by atoms with Crippen molar-refractivity contribution in [1.29, 1.82) is 0 Å². The third-order valence-corrected chi connectivity index (χ3v) is 3.19. The molecule has 0 aliphatic carbocycles. The van der Waals surface area contributed by atoms with Crippen molar-refractivity contribution in [1.82, 2.24) is 0 Å². The molecule has 0 spiro atoms. The lowest BCUT2D eigenvalue weighted by Crippen LogP contribution is -2.04. The number of carboxylic acid groups (broad SMARTS) is 1. The van der Waals surface area contributed by atoms with Crippen molar-refractivity contribution in [2.24, 2.45) is 0 Å². The van der Waals surface area contributed by atoms with Crippen molar-refractivity contribution in [3.05, 3.63) is 63.9 Å². The van der Waals surface area contributed by atoms with E-state index >= 15 is 0 Å². The van der Waals surface area contributed by atoms with Crippen molar-refractivity contribution in [3.63, 3.8) is 0 Å². The Morgan fingerprint density at radius 3 is 2.70 bits per heavy atom. The van der Waals surface area contributed by atoms with Gasteiger partial charge in [0.1, 0.15) is 5.82 Å². The van der Waals surface area contributed by atoms with Gasteiger partial charge in [0, 0.05) is 22.8 Å². The lowest BCUT2D eigenvalue weighted by atomic mass is 10.1. The smallest absolute Gasteiger partial charge is 0.335 e. The summed E-state index contributed by atoms with van der Waals surface area (Å²) in [5, 5.41) is 12.4. The maximum atomic E-state index is 13.6. The molecule has 20 heavy (non-hydrogen) atoms. The van der Waals surface area contributed by atoms with Gasteiger partial charge in [0.05, 0.1) is 5.56 Å². The fourth-order valence-electron chi connectivity index (χ4n) is 1.86. The first kappa shape index (κ1) is 14.3. The average molecular weight is 294 g/mol. The van der Waals surface area contributed by atoms with Gasteiger partial charge in [-0.05, 0) is 48.9 Å². The van der Waals surface area contributed by atoms with E-state index in [2.05, 4.69) is 5.32 Å². The maximum absolute atomic E-state index is 13.6. The molecule has 0 bridgehead atoms. The van der Waals surface area contributed by atoms with Crippen LogP contribution in [-0.4, -0.2) is 11.1 Å². The van der Waals surface area contributed by atoms with Gasteiger partial charge in [-0.2, -0.15) is 0 Å². The minimum atomic E-state index is -0.972. The Morgan fingerprint density at radius 1 is 1.30 bits per heavy atom. The van der Waals surface area contributed by atoms with Crippen LogP contribution in [0.25, 0.3) is 0 Å². The molecular formula is C15H13ClFNO2. The first-order valence-corrected chi connectivity index (χ1v) is 6.37. The Labute approximate surface area is 121 Å². The number of halogens is 2. The third-order valence-electron chi connectivity index (χ3n) is 2.95. The monoisotopic (exact) mass is 293 g/mol. The number of anilines is 1. The molecule has 2 aromatic rings. The summed E-state index contributed by atoms with van der Waals surface area (Å²) in [6, 6.07) is 9.12. The summed E-state index contributed by atoms with van der Waals surface area (Å²) in [6.07, 6.45) is 0. The molecule has 2 rings (SSSR count). The number of benzene rings is 2. The summed E-state index contributed by atoms with van der Waals surface area (Å²) in [6.45, 7) is 2.07. The van der Waals surface area contributed by atoms with Crippen LogP contribution < -0.4 is 5.32 Å². The lowest BCUT2D eigenvalue weighted by molar-refractivity contribution is 0.0697. The lowest BCUT2D eigenvalue weighted by Gasteiger charge is -2.11. The van der Waals surface area contributed by atoms with E-state index in [1.807, 2.05) is 0 Å². The highest BCUT2D eigenvalue weighted by Crippen LogP contribution is 2.20. The molecule has 0 amide bonds. The zero-order valence-corrected chi connectivity index (χ0v) is 11.5. The van der Waals surface area contributed by atoms with E-state index in [9.17, 15) is 9.18 Å². The van der Waals surface area contributed by atoms with Crippen molar-refractivity contribution >= 4 is 23.3 Å². The molecule has 0 saturated carbocycles. The number of nitrogens with one attached hydrogen (secondary N) is 1. The van der Waals surface area contributed by atoms with Crippen LogP contribution in [0, 0.1) is 12.7 Å². The molecule has 0 unspecified atom stereocenters. The van der Waals surface area contributed by atoms with Crippen LogP contribution in [-0.2, 0) is 6.54 Å². The number of hydrogen-bond donors (Lipinski definition) is 2. The molecule has 3 nitrogen and oxygen atoms in total. The SMILES string of the molecule is Cc1cc(C(=O)O)ccc1NCc1cc(Cl)ccc1F. The van der Waals surface area contributed by atoms with E-state index < -0.39 is 5.97 Å². The van der Waals surface area contributed by atoms with E-state index in [1.165, 1.54) is 18.2 Å². The second-order valence-electron chi connectivity index (χ2n) is 4.42. The average Bonchev–Trinajstić information content (AvgIpc) is 2.40. The molecule has 0 heterocycles. The third kappa shape index (κ3) is 3.27. The highest BCUT2D eigenvalue weighted by Gasteiger charge is 2.07. The topological polar surface area (TPSA) is 49.3 Å². The van der Waals surface area contributed by atoms with Gasteiger partial charge < -0.3 is 10.4 Å². The van der Waals surface area contributed by atoms with E-state index in [4.69, 9.17) is 16.7 Å². The molecule has 0 aromatic heterocycles. The molecule has 0 fully saturated rings. The van der Waals surface area contributed by atoms with Crippen LogP contribution >= 0.6 is 11.6 Å². The normalized spacial score (nSPS) is 10.3. The highest BCUT2D eigenvalue weighted by molar-refractivity contribution is 6.30. The van der Waals surface area contributed by atoms with Gasteiger partial charge in [-0.15, -0.1) is 0 Å². The predicted molar refractivity (Wildman–Crippen MR) is 76.9 cm³/mol. The first-order valence-electron chi connectivity index (χ1n) is 5.99. The number of aromatic carboxylic acids is 1. The molecule has 0 saturated heterocycles. The van der Waals surface area contributed by atoms with Gasteiger partial charge >= 0.3 is 5.97 Å². The largest absolute Gasteiger partial charge is 0.478 e. The van der Waals surface area contributed by atoms with Gasteiger partial charge in [-0.25, -0.2) is 9.18 Å². The van der Waals surface area contributed by atoms with Gasteiger partial charge in [0.2, 0.25) is 0 Å². The number of aryl methyl sites for hydroxylation is 1. The van der Waals surface area contributed by atoms with E-state index in [-0.39, 0.29) is 17.9 Å². The number of rotatable bonds is 4. The molecule has 104 valence electrons. The van der Waals surface area contributed by atoms with Crippen LogP contribution in [0.1, 0.15) is 21.5 Å². The second kappa shape index (κ2) is 5.92. The molecule has 5 heteroatoms. The van der Waals surface area contributed by atoms with E-state index in [1.54, 1.807) is 25.1 Å². The standard InChI is InChI=1S/C15H13ClFNO2/c1-9-6-10(15(19)20)2-5-14(9)18-8-11-7-12(16)3-4-13(11)17/h2-7,18H,8H2,1H3,(H,19,20). The Balaban J connectivity index is 2.15. The zero-order chi connectivity index (χ0) is 14.7. The van der Waals surface area contributed by atoms with E-state index in [0.29, 0.717) is 10.6 Å². The van der Waals surface area contributed by atoms with Gasteiger partial charge in [-0.3, -0.25) is 0 Å². The summed E-state index contributed by atoms with van der Waals surface area (Å²) >= 11 is 5.83. The van der Waals surface area contributed by atoms with Crippen molar-refractivity contribution in [2.45, 2.75) is 13.5 Å². The number of carbonyl (C=O) groups is 1. The van der Waals surface area contributed by atoms with Gasteiger partial charge in [0.25, 0.3) is 0 Å².